The van der Waals surface area contributed by atoms with E-state index in [0.29, 0.717) is 4.57 Å². The number of carboxylic acid groups (broad SMARTS) is 1. The van der Waals surface area contributed by atoms with Gasteiger partial charge >= 0.3 is 17.7 Å². The minimum atomic E-state index is -1.40. The zero-order valence-corrected chi connectivity index (χ0v) is 23.3. The highest BCUT2D eigenvalue weighted by Crippen LogP contribution is 2.27. The number of rotatable bonds is 9. The van der Waals surface area contributed by atoms with Crippen LogP contribution in [0.25, 0.3) is 16.6 Å². The van der Waals surface area contributed by atoms with Gasteiger partial charge < -0.3 is 30.2 Å². The number of hydrogen-bond donors (Lipinski definition) is 4. The molecule has 2 aromatic heterocycles. The number of carbonyl (C=O) groups excluding carboxylic acids is 1. The van der Waals surface area contributed by atoms with E-state index in [1.807, 2.05) is 0 Å². The van der Waals surface area contributed by atoms with Gasteiger partial charge in [-0.15, -0.1) is 11.3 Å². The number of H-pyrrole nitrogens is 1. The highest BCUT2D eigenvalue weighted by molar-refractivity contribution is 7.13. The molecule has 2 heterocycles. The summed E-state index contributed by atoms with van der Waals surface area (Å²) in [6.07, 6.45) is 0. The number of urea groups is 1. The largest absolute Gasteiger partial charge is 0.491 e. The van der Waals surface area contributed by atoms with Crippen molar-refractivity contribution in [3.05, 3.63) is 84.4 Å². The molecule has 0 spiro atoms. The molecule has 0 bridgehead atoms. The number of thiophene rings is 1. The normalized spacial score (nSPS) is 11.4. The molecular formula is C27H25F3N4O7S. The number of benzene rings is 2. The summed E-state index contributed by atoms with van der Waals surface area (Å²) < 4.78 is 55.1. The summed E-state index contributed by atoms with van der Waals surface area (Å²) in [7, 11) is 0. The number of carbonyl (C=O) groups is 2. The quantitative estimate of drug-likeness (QED) is 0.211. The SMILES string of the molecule is CC(C)(C)NC(=O)NCCOc1ccc(F)c(F)c1COc1ccc(F)c(-n2c(=O)[nH]c3csc(C(=O)O)c3c2=O)c1. The number of nitrogens with one attached hydrogen (secondary N) is 3. The summed E-state index contributed by atoms with van der Waals surface area (Å²) in [5, 5.41) is 15.6. The van der Waals surface area contributed by atoms with E-state index in [0.717, 1.165) is 35.6 Å². The van der Waals surface area contributed by atoms with E-state index in [2.05, 4.69) is 15.6 Å². The zero-order valence-electron chi connectivity index (χ0n) is 22.5. The van der Waals surface area contributed by atoms with Crippen LogP contribution in [0.1, 0.15) is 36.0 Å². The van der Waals surface area contributed by atoms with E-state index in [9.17, 15) is 37.5 Å². The first-order chi connectivity index (χ1) is 19.8. The molecular weight excluding hydrogens is 581 g/mol. The van der Waals surface area contributed by atoms with Crippen molar-refractivity contribution in [2.24, 2.45) is 0 Å². The van der Waals surface area contributed by atoms with E-state index < -0.39 is 58.5 Å². The third-order valence-electron chi connectivity index (χ3n) is 5.68. The fourth-order valence-corrected chi connectivity index (χ4v) is 4.71. The Hall–Kier alpha value is -4.79. The summed E-state index contributed by atoms with van der Waals surface area (Å²) >= 11 is 0.722. The predicted molar refractivity (Wildman–Crippen MR) is 147 cm³/mol. The Morgan fingerprint density at radius 3 is 2.48 bits per heavy atom. The van der Waals surface area contributed by atoms with Crippen molar-refractivity contribution < 1.29 is 37.3 Å². The Balaban J connectivity index is 1.56. The van der Waals surface area contributed by atoms with E-state index in [4.69, 9.17) is 9.47 Å². The average Bonchev–Trinajstić information content (AvgIpc) is 3.33. The molecule has 0 aliphatic rings. The summed E-state index contributed by atoms with van der Waals surface area (Å²) in [5.41, 5.74) is -3.46. The summed E-state index contributed by atoms with van der Waals surface area (Å²) in [4.78, 5) is 51.2. The Labute approximate surface area is 239 Å². The third kappa shape index (κ3) is 6.57. The van der Waals surface area contributed by atoms with Crippen LogP contribution in [-0.2, 0) is 6.61 Å². The van der Waals surface area contributed by atoms with Gasteiger partial charge in [0.1, 0.15) is 35.4 Å². The van der Waals surface area contributed by atoms with Crippen LogP contribution >= 0.6 is 11.3 Å². The van der Waals surface area contributed by atoms with Gasteiger partial charge in [-0.2, -0.15) is 0 Å². The monoisotopic (exact) mass is 606 g/mol. The molecule has 2 amide bonds. The van der Waals surface area contributed by atoms with Gasteiger partial charge in [-0.1, -0.05) is 0 Å². The number of nitrogens with zero attached hydrogens (tertiary/aromatic N) is 1. The van der Waals surface area contributed by atoms with Crippen molar-refractivity contribution in [2.75, 3.05) is 13.2 Å². The molecule has 0 unspecified atom stereocenters. The van der Waals surface area contributed by atoms with Gasteiger partial charge in [0.2, 0.25) is 0 Å². The van der Waals surface area contributed by atoms with Crippen molar-refractivity contribution in [3.63, 3.8) is 0 Å². The van der Waals surface area contributed by atoms with E-state index in [1.165, 1.54) is 11.4 Å². The van der Waals surface area contributed by atoms with E-state index >= 15 is 0 Å². The highest BCUT2D eigenvalue weighted by atomic mass is 32.1. The maximum absolute atomic E-state index is 14.8. The summed E-state index contributed by atoms with van der Waals surface area (Å²) in [6.45, 7) is 4.76. The molecule has 4 aromatic rings. The van der Waals surface area contributed by atoms with Gasteiger partial charge in [-0.3, -0.25) is 4.79 Å². The standard InChI is InChI=1S/C27H25F3N4O7S/c1-27(2,3)33-25(38)31-8-9-40-19-7-6-16(29)21(30)14(19)11-41-13-4-5-15(28)18(10-13)34-23(35)20-17(32-26(34)39)12-42-22(20)24(36)37/h4-7,10,12H,8-9,11H2,1-3H3,(H,32,39)(H,36,37)(H2,31,33,38). The summed E-state index contributed by atoms with van der Waals surface area (Å²) in [6, 6.07) is 4.61. The fourth-order valence-electron chi connectivity index (χ4n) is 3.88. The molecule has 4 rings (SSSR count). The first kappa shape index (κ1) is 30.2. The van der Waals surface area contributed by atoms with Gasteiger partial charge in [0.15, 0.2) is 11.6 Å². The van der Waals surface area contributed by atoms with Crippen LogP contribution in [0.15, 0.2) is 45.3 Å². The molecule has 0 aliphatic heterocycles. The van der Waals surface area contributed by atoms with Gasteiger partial charge in [-0.05, 0) is 45.0 Å². The van der Waals surface area contributed by atoms with Crippen LogP contribution < -0.4 is 31.4 Å². The maximum Gasteiger partial charge on any atom is 0.346 e. The first-order valence-electron chi connectivity index (χ1n) is 12.3. The predicted octanol–water partition coefficient (Wildman–Crippen LogP) is 3.91. The molecule has 0 atom stereocenters. The van der Waals surface area contributed by atoms with E-state index in [1.54, 1.807) is 20.8 Å². The molecule has 0 saturated heterocycles. The van der Waals surface area contributed by atoms with Gasteiger partial charge in [-0.25, -0.2) is 32.1 Å². The Morgan fingerprint density at radius 2 is 1.79 bits per heavy atom. The van der Waals surface area contributed by atoms with Crippen LogP contribution in [0.5, 0.6) is 11.5 Å². The second-order valence-corrected chi connectivity index (χ2v) is 10.8. The third-order valence-corrected chi connectivity index (χ3v) is 6.64. The molecule has 0 saturated carbocycles. The number of amides is 2. The number of fused-ring (bicyclic) bond motifs is 1. The van der Waals surface area contributed by atoms with E-state index in [-0.39, 0.29) is 46.0 Å². The molecule has 0 radical (unpaired) electrons. The smallest absolute Gasteiger partial charge is 0.346 e. The van der Waals surface area contributed by atoms with Gasteiger partial charge in [0.25, 0.3) is 5.56 Å². The molecule has 11 nitrogen and oxygen atoms in total. The number of hydrogen-bond acceptors (Lipinski definition) is 7. The van der Waals surface area contributed by atoms with Gasteiger partial charge in [0, 0.05) is 17.0 Å². The topological polar surface area (TPSA) is 152 Å². The fraction of sp³-hybridized carbons (Fsp3) is 0.259. The second-order valence-electron chi connectivity index (χ2n) is 9.95. The molecule has 0 aliphatic carbocycles. The van der Waals surface area contributed by atoms with Crippen LogP contribution in [0.3, 0.4) is 0 Å². The lowest BCUT2D eigenvalue weighted by Crippen LogP contribution is -2.47. The Kier molecular flexibility index (Phi) is 8.61. The molecule has 0 fully saturated rings. The number of aromatic carboxylic acids is 1. The van der Waals surface area contributed by atoms with Crippen molar-refractivity contribution >= 4 is 34.2 Å². The van der Waals surface area contributed by atoms with Crippen LogP contribution in [0.2, 0.25) is 0 Å². The lowest BCUT2D eigenvalue weighted by atomic mass is 10.1. The maximum atomic E-state index is 14.8. The van der Waals surface area contributed by atoms with Crippen LogP contribution in [-0.4, -0.2) is 45.3 Å². The number of halogens is 3. The van der Waals surface area contributed by atoms with Crippen molar-refractivity contribution in [3.8, 4) is 17.2 Å². The first-order valence-corrected chi connectivity index (χ1v) is 13.2. The highest BCUT2D eigenvalue weighted by Gasteiger charge is 2.21. The molecule has 2 aromatic carbocycles. The van der Waals surface area contributed by atoms with Crippen molar-refractivity contribution in [2.45, 2.75) is 32.9 Å². The second kappa shape index (κ2) is 12.0. The minimum Gasteiger partial charge on any atom is -0.491 e. The van der Waals surface area contributed by atoms with Crippen LogP contribution in [0.4, 0.5) is 18.0 Å². The lowest BCUT2D eigenvalue weighted by molar-refractivity contribution is 0.0704. The number of ether oxygens (including phenoxy) is 2. The van der Waals surface area contributed by atoms with Crippen molar-refractivity contribution in [1.29, 1.82) is 0 Å². The van der Waals surface area contributed by atoms with Crippen LogP contribution in [0, 0.1) is 17.5 Å². The average molecular weight is 607 g/mol. The number of carboxylic acids is 1. The molecule has 222 valence electrons. The Bertz CT molecular complexity index is 1790. The molecule has 4 N–H and O–H groups in total. The lowest BCUT2D eigenvalue weighted by Gasteiger charge is -2.21. The minimum absolute atomic E-state index is 0.0180. The zero-order chi connectivity index (χ0) is 30.8. The van der Waals surface area contributed by atoms with Crippen molar-refractivity contribution in [1.82, 2.24) is 20.2 Å². The Morgan fingerprint density at radius 1 is 1.07 bits per heavy atom. The summed E-state index contributed by atoms with van der Waals surface area (Å²) in [5.74, 6) is -5.06. The van der Waals surface area contributed by atoms with Gasteiger partial charge in [0.05, 0.1) is 28.7 Å². The number of aromatic amines is 1. The number of aromatic nitrogens is 2. The molecule has 15 heteroatoms. The molecule has 42 heavy (non-hydrogen) atoms.